The van der Waals surface area contributed by atoms with Crippen LogP contribution in [0.5, 0.6) is 11.5 Å². The van der Waals surface area contributed by atoms with E-state index in [2.05, 4.69) is 0 Å². The van der Waals surface area contributed by atoms with E-state index in [0.29, 0.717) is 5.88 Å². The first kappa shape index (κ1) is 12.5. The van der Waals surface area contributed by atoms with Crippen LogP contribution in [0.2, 0.25) is 0 Å². The number of alkyl halides is 1. The first-order valence-electron chi connectivity index (χ1n) is 5.72. The standard InChI is InChI=1S/C13H17ClO3/c1-15-12-7-9-4-6-17-11(3-5-14)10(9)8-13(12)16-2/h7-8,11H,3-6H2,1-2H3. The highest BCUT2D eigenvalue weighted by molar-refractivity contribution is 6.17. The zero-order valence-corrected chi connectivity index (χ0v) is 10.9. The van der Waals surface area contributed by atoms with E-state index in [9.17, 15) is 0 Å². The summed E-state index contributed by atoms with van der Waals surface area (Å²) < 4.78 is 16.4. The molecule has 1 unspecified atom stereocenters. The molecule has 0 N–H and O–H groups in total. The van der Waals surface area contributed by atoms with Gasteiger partial charge in [-0.2, -0.15) is 0 Å². The van der Waals surface area contributed by atoms with Crippen LogP contribution in [0.4, 0.5) is 0 Å². The minimum atomic E-state index is 0.0797. The Hall–Kier alpha value is -0.930. The average molecular weight is 257 g/mol. The molecule has 0 radical (unpaired) electrons. The van der Waals surface area contributed by atoms with Gasteiger partial charge in [-0.05, 0) is 36.1 Å². The second kappa shape index (κ2) is 5.61. The lowest BCUT2D eigenvalue weighted by Gasteiger charge is -2.26. The summed E-state index contributed by atoms with van der Waals surface area (Å²) in [5.74, 6) is 2.12. The molecule has 17 heavy (non-hydrogen) atoms. The number of ether oxygens (including phenoxy) is 3. The van der Waals surface area contributed by atoms with Crippen LogP contribution < -0.4 is 9.47 Å². The quantitative estimate of drug-likeness (QED) is 0.776. The molecular formula is C13H17ClO3. The molecule has 0 aromatic heterocycles. The fourth-order valence-electron chi connectivity index (χ4n) is 2.19. The number of halogens is 1. The SMILES string of the molecule is COc1cc2c(cc1OC)C(CCCl)OCC2. The highest BCUT2D eigenvalue weighted by atomic mass is 35.5. The van der Waals surface area contributed by atoms with Gasteiger partial charge in [-0.15, -0.1) is 11.6 Å². The van der Waals surface area contributed by atoms with Gasteiger partial charge in [0.25, 0.3) is 0 Å². The molecule has 1 heterocycles. The topological polar surface area (TPSA) is 27.7 Å². The van der Waals surface area contributed by atoms with Gasteiger partial charge in [0.05, 0.1) is 26.9 Å². The van der Waals surface area contributed by atoms with E-state index in [4.69, 9.17) is 25.8 Å². The number of hydrogen-bond acceptors (Lipinski definition) is 3. The maximum Gasteiger partial charge on any atom is 0.161 e. The molecule has 0 amide bonds. The second-order valence-corrected chi connectivity index (χ2v) is 4.37. The monoisotopic (exact) mass is 256 g/mol. The molecule has 4 heteroatoms. The third kappa shape index (κ3) is 2.50. The summed E-state index contributed by atoms with van der Waals surface area (Å²) in [6, 6.07) is 4.04. The van der Waals surface area contributed by atoms with Gasteiger partial charge < -0.3 is 14.2 Å². The molecule has 2 rings (SSSR count). The largest absolute Gasteiger partial charge is 0.493 e. The molecule has 1 aromatic carbocycles. The van der Waals surface area contributed by atoms with Crippen LogP contribution in [-0.2, 0) is 11.2 Å². The normalized spacial score (nSPS) is 18.6. The molecule has 0 aliphatic carbocycles. The molecule has 0 saturated heterocycles. The van der Waals surface area contributed by atoms with E-state index in [1.54, 1.807) is 14.2 Å². The van der Waals surface area contributed by atoms with Crippen molar-refractivity contribution in [3.05, 3.63) is 23.3 Å². The molecule has 1 aliphatic heterocycles. The Kier molecular flexibility index (Phi) is 4.13. The van der Waals surface area contributed by atoms with Crippen LogP contribution >= 0.6 is 11.6 Å². The van der Waals surface area contributed by atoms with Crippen molar-refractivity contribution in [2.24, 2.45) is 0 Å². The predicted molar refractivity (Wildman–Crippen MR) is 67.3 cm³/mol. The number of fused-ring (bicyclic) bond motifs is 1. The minimum Gasteiger partial charge on any atom is -0.493 e. The number of methoxy groups -OCH3 is 2. The Morgan fingerprint density at radius 2 is 2.00 bits per heavy atom. The molecule has 0 spiro atoms. The molecule has 0 saturated carbocycles. The Morgan fingerprint density at radius 3 is 2.65 bits per heavy atom. The van der Waals surface area contributed by atoms with Crippen LogP contribution in [0.3, 0.4) is 0 Å². The van der Waals surface area contributed by atoms with Crippen molar-refractivity contribution in [3.8, 4) is 11.5 Å². The summed E-state index contributed by atoms with van der Waals surface area (Å²) in [7, 11) is 3.30. The molecule has 3 nitrogen and oxygen atoms in total. The van der Waals surface area contributed by atoms with Crippen molar-refractivity contribution in [2.75, 3.05) is 26.7 Å². The van der Waals surface area contributed by atoms with Gasteiger partial charge in [0, 0.05) is 5.88 Å². The Bertz CT molecular complexity index is 392. The van der Waals surface area contributed by atoms with Gasteiger partial charge in [-0.1, -0.05) is 0 Å². The first-order chi connectivity index (χ1) is 8.30. The van der Waals surface area contributed by atoms with E-state index in [0.717, 1.165) is 30.9 Å². The van der Waals surface area contributed by atoms with E-state index in [-0.39, 0.29) is 6.10 Å². The summed E-state index contributed by atoms with van der Waals surface area (Å²) in [6.07, 6.45) is 1.81. The molecule has 94 valence electrons. The maximum atomic E-state index is 5.80. The second-order valence-electron chi connectivity index (χ2n) is 3.99. The van der Waals surface area contributed by atoms with Crippen LogP contribution in [0.15, 0.2) is 12.1 Å². The van der Waals surface area contributed by atoms with E-state index in [1.807, 2.05) is 12.1 Å². The van der Waals surface area contributed by atoms with Gasteiger partial charge >= 0.3 is 0 Å². The highest BCUT2D eigenvalue weighted by Gasteiger charge is 2.23. The molecule has 0 bridgehead atoms. The minimum absolute atomic E-state index is 0.0797. The third-order valence-electron chi connectivity index (χ3n) is 3.05. The van der Waals surface area contributed by atoms with Crippen LogP contribution in [0, 0.1) is 0 Å². The molecule has 1 atom stereocenters. The zero-order chi connectivity index (χ0) is 12.3. The van der Waals surface area contributed by atoms with Gasteiger partial charge in [0.2, 0.25) is 0 Å². The Labute approximate surface area is 107 Å². The Balaban J connectivity index is 2.39. The van der Waals surface area contributed by atoms with Gasteiger partial charge in [-0.3, -0.25) is 0 Å². The smallest absolute Gasteiger partial charge is 0.161 e. The van der Waals surface area contributed by atoms with Crippen LogP contribution in [0.25, 0.3) is 0 Å². The summed E-state index contributed by atoms with van der Waals surface area (Å²) >= 11 is 5.80. The van der Waals surface area contributed by atoms with Gasteiger partial charge in [0.15, 0.2) is 11.5 Å². The Morgan fingerprint density at radius 1 is 1.29 bits per heavy atom. The maximum absolute atomic E-state index is 5.80. The summed E-state index contributed by atoms with van der Waals surface area (Å²) in [5, 5.41) is 0. The number of rotatable bonds is 4. The third-order valence-corrected chi connectivity index (χ3v) is 3.27. The van der Waals surface area contributed by atoms with Crippen molar-refractivity contribution in [2.45, 2.75) is 18.9 Å². The van der Waals surface area contributed by atoms with Crippen LogP contribution in [-0.4, -0.2) is 26.7 Å². The van der Waals surface area contributed by atoms with Crippen molar-refractivity contribution in [3.63, 3.8) is 0 Å². The first-order valence-corrected chi connectivity index (χ1v) is 6.26. The highest BCUT2D eigenvalue weighted by Crippen LogP contribution is 2.38. The van der Waals surface area contributed by atoms with Crippen molar-refractivity contribution in [1.29, 1.82) is 0 Å². The lowest BCUT2D eigenvalue weighted by atomic mass is 9.95. The van der Waals surface area contributed by atoms with E-state index in [1.165, 1.54) is 11.1 Å². The van der Waals surface area contributed by atoms with Crippen molar-refractivity contribution in [1.82, 2.24) is 0 Å². The molecular weight excluding hydrogens is 240 g/mol. The van der Waals surface area contributed by atoms with E-state index < -0.39 is 0 Å². The average Bonchev–Trinajstić information content (AvgIpc) is 2.38. The number of hydrogen-bond donors (Lipinski definition) is 0. The van der Waals surface area contributed by atoms with E-state index >= 15 is 0 Å². The van der Waals surface area contributed by atoms with Gasteiger partial charge in [-0.25, -0.2) is 0 Å². The lowest BCUT2D eigenvalue weighted by Crippen LogP contribution is -2.17. The molecule has 0 fully saturated rings. The van der Waals surface area contributed by atoms with Crippen molar-refractivity contribution < 1.29 is 14.2 Å². The summed E-state index contributed by atoms with van der Waals surface area (Å²) in [6.45, 7) is 0.740. The lowest BCUT2D eigenvalue weighted by molar-refractivity contribution is 0.0402. The van der Waals surface area contributed by atoms with Crippen molar-refractivity contribution >= 4 is 11.6 Å². The molecule has 1 aromatic rings. The fourth-order valence-corrected chi connectivity index (χ4v) is 2.39. The fraction of sp³-hybridized carbons (Fsp3) is 0.538. The zero-order valence-electron chi connectivity index (χ0n) is 10.2. The summed E-state index contributed by atoms with van der Waals surface area (Å²) in [5.41, 5.74) is 2.44. The van der Waals surface area contributed by atoms with Gasteiger partial charge in [0.1, 0.15) is 0 Å². The predicted octanol–water partition coefficient (Wildman–Crippen LogP) is 2.95. The van der Waals surface area contributed by atoms with Crippen LogP contribution in [0.1, 0.15) is 23.7 Å². The number of benzene rings is 1. The molecule has 1 aliphatic rings. The summed E-state index contributed by atoms with van der Waals surface area (Å²) in [4.78, 5) is 0.